The van der Waals surface area contributed by atoms with Gasteiger partial charge in [-0.15, -0.1) is 0 Å². The molecule has 3 aromatic rings. The highest BCUT2D eigenvalue weighted by Crippen LogP contribution is 2.23. The number of phenolic OH excluding ortho intramolecular Hbond substituents is 1. The number of phenols is 1. The second kappa shape index (κ2) is 2.89. The Morgan fingerprint density at radius 2 is 1.00 bits per heavy atom. The van der Waals surface area contributed by atoms with Gasteiger partial charge in [0.15, 0.2) is 0 Å². The monoisotopic (exact) mass is 242 g/mol. The lowest BCUT2D eigenvalue weighted by Crippen LogP contribution is -1.82. The average molecular weight is 242 g/mol. The first-order chi connectivity index (χ1) is 9.33. The Morgan fingerprint density at radius 3 is 1.63 bits per heavy atom. The molecule has 0 saturated carbocycles. The highest BCUT2D eigenvalue weighted by molar-refractivity contribution is 5.39. The second-order valence-electron chi connectivity index (χ2n) is 5.22. The molecular weight excluding hydrogens is 232 g/mol. The normalized spacial score (nSPS) is 12.4. The highest BCUT2D eigenvalue weighted by Gasteiger charge is 2.07. The molecule has 0 fully saturated rings. The van der Waals surface area contributed by atoms with Crippen molar-refractivity contribution in [1.29, 1.82) is 0 Å². The number of rotatable bonds is 0. The first-order valence-electron chi connectivity index (χ1n) is 6.44. The van der Waals surface area contributed by atoms with Crippen molar-refractivity contribution in [2.45, 2.75) is 0 Å². The molecule has 0 unspecified atom stereocenters. The number of hydrogen-bond acceptors (Lipinski definition) is 1. The molecule has 3 aromatic carbocycles. The first kappa shape index (κ1) is 9.40. The topological polar surface area (TPSA) is 20.2 Å². The van der Waals surface area contributed by atoms with Crippen LogP contribution in [0.2, 0.25) is 0 Å². The third-order valence-corrected chi connectivity index (χ3v) is 4.25. The Kier molecular flexibility index (Phi) is 1.43. The molecule has 1 nitrogen and oxygen atoms in total. The maximum atomic E-state index is 10.4. The maximum absolute atomic E-state index is 10.4. The molecule has 0 heterocycles. The third kappa shape index (κ3) is 0.980. The van der Waals surface area contributed by atoms with E-state index in [1.165, 1.54) is 26.1 Å². The lowest BCUT2D eigenvalue weighted by molar-refractivity contribution is 0.470. The van der Waals surface area contributed by atoms with Gasteiger partial charge in [0, 0.05) is 10.4 Å². The van der Waals surface area contributed by atoms with Crippen molar-refractivity contribution in [2.75, 3.05) is 0 Å². The molecule has 0 aliphatic heterocycles. The summed E-state index contributed by atoms with van der Waals surface area (Å²) in [7, 11) is 0. The van der Waals surface area contributed by atoms with Crippen LogP contribution in [0.4, 0.5) is 0 Å². The van der Waals surface area contributed by atoms with Crippen LogP contribution in [0.25, 0.3) is 0 Å². The van der Waals surface area contributed by atoms with Crippen LogP contribution in [0.5, 0.6) is 5.75 Å². The summed E-state index contributed by atoms with van der Waals surface area (Å²) in [4.78, 5) is 0. The molecule has 19 heavy (non-hydrogen) atoms. The van der Waals surface area contributed by atoms with E-state index in [1.807, 2.05) is 6.07 Å². The van der Waals surface area contributed by atoms with Gasteiger partial charge in [0.05, 0.1) is 0 Å². The van der Waals surface area contributed by atoms with E-state index < -0.39 is 0 Å². The van der Waals surface area contributed by atoms with Crippen molar-refractivity contribution in [3.8, 4) is 5.75 Å². The molecule has 0 aromatic heterocycles. The Hall–Kier alpha value is -2.54. The third-order valence-electron chi connectivity index (χ3n) is 4.25. The van der Waals surface area contributed by atoms with Crippen LogP contribution in [0, 0.1) is 41.7 Å². The van der Waals surface area contributed by atoms with Gasteiger partial charge in [-0.05, 0) is 37.4 Å². The van der Waals surface area contributed by atoms with Crippen LogP contribution in [0.3, 0.4) is 0 Å². The summed E-state index contributed by atoms with van der Waals surface area (Å²) in [5, 5.41) is 19.7. The quantitative estimate of drug-likeness (QED) is 0.442. The predicted molar refractivity (Wildman–Crippen MR) is 71.7 cm³/mol. The zero-order chi connectivity index (χ0) is 12.6. The molecule has 8 bridgehead atoms. The number of fused-ring (bicyclic) bond motifs is 4. The van der Waals surface area contributed by atoms with Crippen LogP contribution in [0.1, 0.15) is 0 Å². The molecule has 0 atom stereocenters. The van der Waals surface area contributed by atoms with E-state index in [2.05, 4.69) is 48.5 Å². The molecule has 4 aliphatic carbocycles. The van der Waals surface area contributed by atoms with Gasteiger partial charge in [-0.1, -0.05) is 48.5 Å². The summed E-state index contributed by atoms with van der Waals surface area (Å²) in [6.07, 6.45) is 0. The molecule has 7 rings (SSSR count). The van der Waals surface area contributed by atoms with Crippen LogP contribution in [-0.4, -0.2) is 5.11 Å². The van der Waals surface area contributed by atoms with Crippen molar-refractivity contribution in [3.05, 3.63) is 96.3 Å². The Labute approximate surface area is 108 Å². The average Bonchev–Trinajstić information content (AvgIpc) is 2.76. The van der Waals surface area contributed by atoms with Crippen LogP contribution in [-0.2, 0) is 0 Å². The van der Waals surface area contributed by atoms with E-state index in [0.29, 0.717) is 5.75 Å². The molecule has 1 heteroatoms. The minimum Gasteiger partial charge on any atom is -0.507 e. The summed E-state index contributed by atoms with van der Waals surface area (Å²) < 4.78 is 0. The van der Waals surface area contributed by atoms with Gasteiger partial charge in [-0.2, -0.15) is 0 Å². The smallest absolute Gasteiger partial charge is 0.124 e. The van der Waals surface area contributed by atoms with E-state index in [4.69, 9.17) is 0 Å². The highest BCUT2D eigenvalue weighted by atomic mass is 16.3. The summed E-state index contributed by atoms with van der Waals surface area (Å²) in [6, 6.07) is 19.0. The fraction of sp³-hybridized carbons (Fsp3) is 0. The minimum absolute atomic E-state index is 0.378. The second-order valence-corrected chi connectivity index (χ2v) is 5.22. The lowest BCUT2D eigenvalue weighted by Gasteiger charge is -1.96. The number of hydrogen-bond donors (Lipinski definition) is 1. The van der Waals surface area contributed by atoms with E-state index in [1.54, 1.807) is 0 Å². The van der Waals surface area contributed by atoms with Crippen molar-refractivity contribution < 1.29 is 5.11 Å². The van der Waals surface area contributed by atoms with Crippen LogP contribution >= 0.6 is 0 Å². The Bertz CT molecular complexity index is 1210. The fourth-order valence-electron chi connectivity index (χ4n) is 3.40. The lowest BCUT2D eigenvalue weighted by atomic mass is 10.1. The van der Waals surface area contributed by atoms with Gasteiger partial charge >= 0.3 is 0 Å². The molecule has 0 spiro atoms. The van der Waals surface area contributed by atoms with E-state index >= 15 is 0 Å². The van der Waals surface area contributed by atoms with Gasteiger partial charge < -0.3 is 5.11 Å². The summed E-state index contributed by atoms with van der Waals surface area (Å²) in [5.74, 6) is 0.378. The van der Waals surface area contributed by atoms with Gasteiger partial charge in [0.25, 0.3) is 0 Å². The van der Waals surface area contributed by atoms with Crippen molar-refractivity contribution in [2.24, 2.45) is 0 Å². The van der Waals surface area contributed by atoms with Gasteiger partial charge in [0.1, 0.15) is 5.75 Å². The number of benzene rings is 3. The molecular formula is C18H10O. The number of aromatic hydroxyl groups is 1. The van der Waals surface area contributed by atoms with Crippen molar-refractivity contribution in [3.63, 3.8) is 0 Å². The summed E-state index contributed by atoms with van der Waals surface area (Å²) in [6.45, 7) is 0. The summed E-state index contributed by atoms with van der Waals surface area (Å²) >= 11 is 0. The molecule has 88 valence electrons. The zero-order valence-corrected chi connectivity index (χ0v) is 10.1. The molecule has 1 N–H and O–H groups in total. The van der Waals surface area contributed by atoms with E-state index in [-0.39, 0.29) is 0 Å². The van der Waals surface area contributed by atoms with Gasteiger partial charge in [-0.25, -0.2) is 0 Å². The molecule has 0 radical (unpaired) electrons. The molecule has 4 aliphatic rings. The van der Waals surface area contributed by atoms with Crippen LogP contribution in [0.15, 0.2) is 54.6 Å². The van der Waals surface area contributed by atoms with Gasteiger partial charge in [-0.3, -0.25) is 0 Å². The van der Waals surface area contributed by atoms with Crippen molar-refractivity contribution in [1.82, 2.24) is 0 Å². The minimum atomic E-state index is 0.378. The fourth-order valence-corrected chi connectivity index (χ4v) is 3.40. The predicted octanol–water partition coefficient (Wildman–Crippen LogP) is 3.17. The SMILES string of the molecule is Oc1cc2c3c(c1=c1ccc=3cc1)=c1ccc=2cc1. The van der Waals surface area contributed by atoms with Crippen LogP contribution < -0.4 is 0 Å². The largest absolute Gasteiger partial charge is 0.507 e. The van der Waals surface area contributed by atoms with Crippen molar-refractivity contribution >= 4 is 0 Å². The Balaban J connectivity index is 2.67. The maximum Gasteiger partial charge on any atom is 0.124 e. The summed E-state index contributed by atoms with van der Waals surface area (Å²) in [5.41, 5.74) is 0. The van der Waals surface area contributed by atoms with Gasteiger partial charge in [0.2, 0.25) is 0 Å². The zero-order valence-electron chi connectivity index (χ0n) is 10.1. The molecule has 0 saturated heterocycles. The van der Waals surface area contributed by atoms with E-state index in [9.17, 15) is 5.11 Å². The standard InChI is InChI=1S/C18H10O/c19-15-9-14-10-1-3-13(4-2-10)18-16(14)11-5-7-12(8-6-11)17(15)18/h1-9,19H. The first-order valence-corrected chi connectivity index (χ1v) is 6.44. The van der Waals surface area contributed by atoms with E-state index in [0.717, 1.165) is 15.7 Å². The molecule has 0 amide bonds. The Morgan fingerprint density at radius 1 is 0.526 bits per heavy atom.